The van der Waals surface area contributed by atoms with Gasteiger partial charge in [-0.3, -0.25) is 14.4 Å². The minimum Gasteiger partial charge on any atom is -0.481 e. The highest BCUT2D eigenvalue weighted by molar-refractivity contribution is 5.75. The molecule has 0 bridgehead atoms. The van der Waals surface area contributed by atoms with Crippen LogP contribution in [0.3, 0.4) is 0 Å². The molecule has 0 spiro atoms. The molecule has 0 aromatic rings. The third kappa shape index (κ3) is 14.6. The number of aliphatic hydroxyl groups excluding tert-OH is 5. The average Bonchev–Trinajstić information content (AvgIpc) is 2.72. The Bertz CT molecular complexity index is 589. The van der Waals surface area contributed by atoms with Crippen molar-refractivity contribution in [3.63, 3.8) is 0 Å². The number of hydrogen-bond acceptors (Lipinski definition) is 11. The summed E-state index contributed by atoms with van der Waals surface area (Å²) in [5.74, 6) is -4.92. The second-order valence-electron chi connectivity index (χ2n) is 6.73. The lowest BCUT2D eigenvalue weighted by Gasteiger charge is -2.23. The van der Waals surface area contributed by atoms with E-state index in [1.807, 2.05) is 0 Å². The molecular weight excluding hydrogens is 440 g/mol. The molecular formula is C17H32N2O13. The molecule has 0 aliphatic carbocycles. The number of hydrogen-bond donors (Lipinski definition) is 11. The predicted molar refractivity (Wildman–Crippen MR) is 105 cm³/mol. The minimum atomic E-state index is -2.20. The van der Waals surface area contributed by atoms with Crippen LogP contribution in [0.25, 0.3) is 0 Å². The number of nitrogens with two attached hydrogens (primary N) is 1. The van der Waals surface area contributed by atoms with E-state index >= 15 is 0 Å². The smallest absolute Gasteiger partial charge is 0.335 e. The molecule has 0 unspecified atom stereocenters. The largest absolute Gasteiger partial charge is 0.481 e. The molecule has 15 heteroatoms. The van der Waals surface area contributed by atoms with Crippen LogP contribution in [0.15, 0.2) is 0 Å². The van der Waals surface area contributed by atoms with Gasteiger partial charge in [-0.15, -0.1) is 0 Å². The van der Waals surface area contributed by atoms with Crippen molar-refractivity contribution in [1.82, 2.24) is 5.32 Å². The van der Waals surface area contributed by atoms with Crippen molar-refractivity contribution < 1.29 is 65.1 Å². The number of carbonyl (C=O) groups is 4. The van der Waals surface area contributed by atoms with Gasteiger partial charge in [-0.2, -0.15) is 0 Å². The van der Waals surface area contributed by atoms with Crippen LogP contribution in [0, 0.1) is 0 Å². The molecule has 32 heavy (non-hydrogen) atoms. The molecule has 0 aliphatic heterocycles. The molecule has 15 nitrogen and oxygen atoms in total. The summed E-state index contributed by atoms with van der Waals surface area (Å²) >= 11 is 0. The fraction of sp³-hybridized carbons (Fsp3) is 0.765. The van der Waals surface area contributed by atoms with Gasteiger partial charge in [0.1, 0.15) is 30.4 Å². The van der Waals surface area contributed by atoms with Crippen LogP contribution in [0.2, 0.25) is 0 Å². The second-order valence-corrected chi connectivity index (χ2v) is 6.73. The topological polar surface area (TPSA) is 288 Å². The molecule has 0 rings (SSSR count). The summed E-state index contributed by atoms with van der Waals surface area (Å²) in [5.41, 5.74) is 5.31. The number of carboxylic acid groups (broad SMARTS) is 4. The number of aliphatic hydroxyl groups is 5. The lowest BCUT2D eigenvalue weighted by molar-refractivity contribution is -0.164. The molecule has 6 atom stereocenters. The summed E-state index contributed by atoms with van der Waals surface area (Å²) < 4.78 is 0. The van der Waals surface area contributed by atoms with Crippen LogP contribution < -0.4 is 11.1 Å². The van der Waals surface area contributed by atoms with Gasteiger partial charge in [0.2, 0.25) is 0 Å². The Hall–Kier alpha value is -2.40. The zero-order chi connectivity index (χ0) is 25.4. The van der Waals surface area contributed by atoms with E-state index in [9.17, 15) is 19.2 Å². The van der Waals surface area contributed by atoms with Gasteiger partial charge in [0.05, 0.1) is 6.61 Å². The van der Waals surface area contributed by atoms with Crippen molar-refractivity contribution in [2.75, 3.05) is 13.2 Å². The van der Waals surface area contributed by atoms with E-state index in [1.54, 1.807) is 0 Å². The minimum absolute atomic E-state index is 0.0132. The standard InChI is InChI=1S/C11H20N2O6.C6H12O7/c12-7(10(16)17)3-1-2-6-13-8(11(18)19)4-5-9(14)15;7-1-2(8)3(9)4(10)5(11)6(12)13/h7-8,13H,1-6,12H2,(H,14,15)(H,16,17)(H,18,19);2-5,7-11H,1H2,(H,12,13)/t7-,8-;2-,3+,4+,5-/m01/s1. The van der Waals surface area contributed by atoms with Crippen LogP contribution in [0.4, 0.5) is 0 Å². The highest BCUT2D eigenvalue weighted by Gasteiger charge is 2.33. The lowest BCUT2D eigenvalue weighted by Crippen LogP contribution is -2.48. The van der Waals surface area contributed by atoms with Gasteiger partial charge in [-0.1, -0.05) is 6.42 Å². The molecule has 0 aliphatic rings. The van der Waals surface area contributed by atoms with Gasteiger partial charge in [0, 0.05) is 6.42 Å². The molecule has 0 saturated heterocycles. The highest BCUT2D eigenvalue weighted by atomic mass is 16.4. The van der Waals surface area contributed by atoms with Gasteiger partial charge in [-0.25, -0.2) is 4.79 Å². The van der Waals surface area contributed by atoms with E-state index in [2.05, 4.69) is 5.32 Å². The van der Waals surface area contributed by atoms with Gasteiger partial charge >= 0.3 is 23.9 Å². The molecule has 188 valence electrons. The maximum atomic E-state index is 10.8. The van der Waals surface area contributed by atoms with Gasteiger partial charge in [0.15, 0.2) is 6.10 Å². The highest BCUT2D eigenvalue weighted by Crippen LogP contribution is 2.05. The third-order valence-electron chi connectivity index (χ3n) is 4.10. The Morgan fingerprint density at radius 3 is 1.75 bits per heavy atom. The van der Waals surface area contributed by atoms with Crippen molar-refractivity contribution in [2.45, 2.75) is 68.6 Å². The molecule has 0 saturated carbocycles. The Balaban J connectivity index is 0. The number of carboxylic acids is 4. The maximum Gasteiger partial charge on any atom is 0.335 e. The molecule has 0 radical (unpaired) electrons. The molecule has 0 aromatic carbocycles. The van der Waals surface area contributed by atoms with E-state index in [-0.39, 0.29) is 12.8 Å². The van der Waals surface area contributed by atoms with E-state index in [1.165, 1.54) is 0 Å². The molecule has 0 aromatic heterocycles. The summed E-state index contributed by atoms with van der Waals surface area (Å²) in [6, 6.07) is -1.80. The average molecular weight is 472 g/mol. The van der Waals surface area contributed by atoms with E-state index in [0.717, 1.165) is 0 Å². The SMILES string of the molecule is N[C@@H](CCCCN[C@@H](CCC(=O)O)C(=O)O)C(=O)O.O=C(O)[C@H](O)[C@@H](O)[C@@H](O)[C@H](O)CO. The first-order valence-electron chi connectivity index (χ1n) is 9.48. The lowest BCUT2D eigenvalue weighted by atomic mass is 10.0. The molecule has 0 heterocycles. The first kappa shape index (κ1) is 31.8. The summed E-state index contributed by atoms with van der Waals surface area (Å²) in [7, 11) is 0. The van der Waals surface area contributed by atoms with Crippen LogP contribution in [0.1, 0.15) is 32.1 Å². The zero-order valence-electron chi connectivity index (χ0n) is 17.1. The third-order valence-corrected chi connectivity index (χ3v) is 4.10. The van der Waals surface area contributed by atoms with Gasteiger partial charge in [0.25, 0.3) is 0 Å². The van der Waals surface area contributed by atoms with E-state index < -0.39 is 67.0 Å². The Labute approximate surface area is 182 Å². The fourth-order valence-corrected chi connectivity index (χ4v) is 2.14. The monoisotopic (exact) mass is 472 g/mol. The zero-order valence-corrected chi connectivity index (χ0v) is 17.1. The number of nitrogens with one attached hydrogen (secondary N) is 1. The first-order chi connectivity index (χ1) is 14.8. The van der Waals surface area contributed by atoms with Gasteiger partial charge < -0.3 is 57.0 Å². The van der Waals surface area contributed by atoms with E-state index in [0.29, 0.717) is 25.8 Å². The van der Waals surface area contributed by atoms with Gasteiger partial charge in [-0.05, 0) is 25.8 Å². The summed E-state index contributed by atoms with van der Waals surface area (Å²) in [6.45, 7) is -0.465. The van der Waals surface area contributed by atoms with E-state index in [4.69, 9.17) is 51.7 Å². The Morgan fingerprint density at radius 1 is 0.781 bits per heavy atom. The molecule has 0 amide bonds. The first-order valence-corrected chi connectivity index (χ1v) is 9.48. The summed E-state index contributed by atoms with van der Waals surface area (Å²) in [5, 5.41) is 80.4. The van der Waals surface area contributed by atoms with Crippen molar-refractivity contribution >= 4 is 23.9 Å². The van der Waals surface area contributed by atoms with Crippen molar-refractivity contribution in [2.24, 2.45) is 5.73 Å². The molecule has 12 N–H and O–H groups in total. The van der Waals surface area contributed by atoms with Crippen LogP contribution in [-0.4, -0.2) is 119 Å². The second kappa shape index (κ2) is 17.2. The van der Waals surface area contributed by atoms with Crippen LogP contribution in [-0.2, 0) is 19.2 Å². The molecule has 0 fully saturated rings. The normalized spacial score (nSPS) is 16.4. The predicted octanol–water partition coefficient (Wildman–Crippen LogP) is -4.02. The van der Waals surface area contributed by atoms with Crippen molar-refractivity contribution in [3.05, 3.63) is 0 Å². The van der Waals surface area contributed by atoms with Crippen LogP contribution in [0.5, 0.6) is 0 Å². The number of aliphatic carboxylic acids is 4. The van der Waals surface area contributed by atoms with Crippen molar-refractivity contribution in [1.29, 1.82) is 0 Å². The number of unbranched alkanes of at least 4 members (excludes halogenated alkanes) is 1. The summed E-state index contributed by atoms with van der Waals surface area (Å²) in [6.07, 6.45) is -6.57. The van der Waals surface area contributed by atoms with Crippen LogP contribution >= 0.6 is 0 Å². The maximum absolute atomic E-state index is 10.8. The Kier molecular flexibility index (Phi) is 17.1. The van der Waals surface area contributed by atoms with Crippen molar-refractivity contribution in [3.8, 4) is 0 Å². The Morgan fingerprint density at radius 2 is 1.34 bits per heavy atom. The summed E-state index contributed by atoms with van der Waals surface area (Å²) in [4.78, 5) is 41.7. The quantitative estimate of drug-likeness (QED) is 0.0953. The number of rotatable bonds is 16. The fourth-order valence-electron chi connectivity index (χ4n) is 2.14.